The summed E-state index contributed by atoms with van der Waals surface area (Å²) in [5, 5.41) is 2.82. The number of ether oxygens (including phenoxy) is 1. The standard InChI is InChI=1S/C18H18N2O4/c1-23-14-10-8-13(9-11-14)19-17(21)7-4-12-20-15-5-2-3-6-16(15)24-18(20)22/h2-3,5-6,8-11H,4,7,12H2,1H3,(H,19,21). The van der Waals surface area contributed by atoms with Gasteiger partial charge in [0.2, 0.25) is 5.91 Å². The van der Waals surface area contributed by atoms with Crippen LogP contribution in [-0.4, -0.2) is 17.6 Å². The maximum Gasteiger partial charge on any atom is 0.419 e. The molecule has 1 amide bonds. The zero-order valence-corrected chi connectivity index (χ0v) is 13.3. The molecule has 6 nitrogen and oxygen atoms in total. The van der Waals surface area contributed by atoms with E-state index in [0.29, 0.717) is 30.7 Å². The Morgan fingerprint density at radius 3 is 2.67 bits per heavy atom. The van der Waals surface area contributed by atoms with Gasteiger partial charge >= 0.3 is 5.76 Å². The minimum absolute atomic E-state index is 0.0963. The number of amides is 1. The summed E-state index contributed by atoms with van der Waals surface area (Å²) < 4.78 is 11.8. The van der Waals surface area contributed by atoms with Gasteiger partial charge in [0, 0.05) is 18.7 Å². The maximum absolute atomic E-state index is 12.0. The van der Waals surface area contributed by atoms with Crippen LogP contribution in [0.2, 0.25) is 0 Å². The molecule has 0 saturated heterocycles. The Morgan fingerprint density at radius 2 is 1.92 bits per heavy atom. The molecule has 1 N–H and O–H groups in total. The van der Waals surface area contributed by atoms with E-state index in [-0.39, 0.29) is 5.91 Å². The summed E-state index contributed by atoms with van der Waals surface area (Å²) in [5.41, 5.74) is 2.02. The highest BCUT2D eigenvalue weighted by Gasteiger charge is 2.09. The van der Waals surface area contributed by atoms with Crippen molar-refractivity contribution in [2.24, 2.45) is 0 Å². The zero-order chi connectivity index (χ0) is 16.9. The lowest BCUT2D eigenvalue weighted by atomic mass is 10.2. The minimum atomic E-state index is -0.397. The Balaban J connectivity index is 1.56. The van der Waals surface area contributed by atoms with E-state index in [4.69, 9.17) is 9.15 Å². The molecule has 0 bridgehead atoms. The molecule has 1 heterocycles. The molecule has 124 valence electrons. The molecule has 0 aliphatic carbocycles. The van der Waals surface area contributed by atoms with Gasteiger partial charge in [-0.15, -0.1) is 0 Å². The van der Waals surface area contributed by atoms with E-state index >= 15 is 0 Å². The summed E-state index contributed by atoms with van der Waals surface area (Å²) in [7, 11) is 1.59. The van der Waals surface area contributed by atoms with E-state index in [9.17, 15) is 9.59 Å². The fourth-order valence-electron chi connectivity index (χ4n) is 2.52. The first-order valence-electron chi connectivity index (χ1n) is 7.69. The van der Waals surface area contributed by atoms with Gasteiger partial charge in [0.15, 0.2) is 5.58 Å². The molecule has 0 unspecified atom stereocenters. The van der Waals surface area contributed by atoms with Gasteiger partial charge in [0.25, 0.3) is 0 Å². The van der Waals surface area contributed by atoms with E-state index in [1.54, 1.807) is 42.0 Å². The summed E-state index contributed by atoms with van der Waals surface area (Å²) in [5.74, 6) is 0.243. The highest BCUT2D eigenvalue weighted by Crippen LogP contribution is 2.16. The highest BCUT2D eigenvalue weighted by molar-refractivity contribution is 5.90. The van der Waals surface area contributed by atoms with Crippen molar-refractivity contribution in [1.29, 1.82) is 0 Å². The highest BCUT2D eigenvalue weighted by atomic mass is 16.5. The number of aromatic nitrogens is 1. The third-order valence-electron chi connectivity index (χ3n) is 3.73. The topological polar surface area (TPSA) is 73.5 Å². The lowest BCUT2D eigenvalue weighted by molar-refractivity contribution is -0.116. The van der Waals surface area contributed by atoms with Crippen LogP contribution in [0.15, 0.2) is 57.7 Å². The van der Waals surface area contributed by atoms with Crippen molar-refractivity contribution in [3.8, 4) is 5.75 Å². The largest absolute Gasteiger partial charge is 0.497 e. The van der Waals surface area contributed by atoms with Crippen LogP contribution in [-0.2, 0) is 11.3 Å². The quantitative estimate of drug-likeness (QED) is 0.755. The molecule has 0 spiro atoms. The van der Waals surface area contributed by atoms with E-state index in [0.717, 1.165) is 11.3 Å². The third kappa shape index (κ3) is 3.48. The predicted octanol–water partition coefficient (Wildman–Crippen LogP) is 3.02. The number of methoxy groups -OCH3 is 1. The van der Waals surface area contributed by atoms with Crippen LogP contribution < -0.4 is 15.8 Å². The molecule has 0 radical (unpaired) electrons. The second-order valence-electron chi connectivity index (χ2n) is 5.37. The molecule has 0 aliphatic heterocycles. The van der Waals surface area contributed by atoms with Crippen molar-refractivity contribution in [2.75, 3.05) is 12.4 Å². The van der Waals surface area contributed by atoms with Crippen LogP contribution in [0, 0.1) is 0 Å². The van der Waals surface area contributed by atoms with Gasteiger partial charge in [-0.25, -0.2) is 4.79 Å². The summed E-state index contributed by atoms with van der Waals surface area (Å²) >= 11 is 0. The monoisotopic (exact) mass is 326 g/mol. The van der Waals surface area contributed by atoms with Crippen LogP contribution >= 0.6 is 0 Å². The van der Waals surface area contributed by atoms with Gasteiger partial charge in [-0.3, -0.25) is 9.36 Å². The van der Waals surface area contributed by atoms with Gasteiger partial charge in [0.1, 0.15) is 5.75 Å². The van der Waals surface area contributed by atoms with Gasteiger partial charge in [-0.1, -0.05) is 12.1 Å². The molecule has 6 heteroatoms. The Kier molecular flexibility index (Phi) is 4.65. The first-order chi connectivity index (χ1) is 11.7. The lowest BCUT2D eigenvalue weighted by Gasteiger charge is -2.06. The van der Waals surface area contributed by atoms with Crippen molar-refractivity contribution < 1.29 is 13.9 Å². The molecule has 2 aromatic carbocycles. The second kappa shape index (κ2) is 7.04. The maximum atomic E-state index is 12.0. The summed E-state index contributed by atoms with van der Waals surface area (Å²) in [6.07, 6.45) is 0.864. The zero-order valence-electron chi connectivity index (χ0n) is 13.3. The summed E-state index contributed by atoms with van der Waals surface area (Å²) in [6.45, 7) is 0.436. The number of nitrogens with zero attached hydrogens (tertiary/aromatic N) is 1. The molecule has 0 atom stereocenters. The molecule has 3 aromatic rings. The first-order valence-corrected chi connectivity index (χ1v) is 7.69. The number of nitrogens with one attached hydrogen (secondary N) is 1. The SMILES string of the molecule is COc1ccc(NC(=O)CCCn2c(=O)oc3ccccc32)cc1. The van der Waals surface area contributed by atoms with E-state index in [1.165, 1.54) is 0 Å². The average Bonchev–Trinajstić information content (AvgIpc) is 2.91. The fourth-order valence-corrected chi connectivity index (χ4v) is 2.52. The van der Waals surface area contributed by atoms with Gasteiger partial charge in [0.05, 0.1) is 12.6 Å². The molecule has 0 saturated carbocycles. The average molecular weight is 326 g/mol. The molecular weight excluding hydrogens is 308 g/mol. The second-order valence-corrected chi connectivity index (χ2v) is 5.37. The normalized spacial score (nSPS) is 10.7. The van der Waals surface area contributed by atoms with E-state index in [2.05, 4.69) is 5.32 Å². The number of anilines is 1. The molecule has 3 rings (SSSR count). The van der Waals surface area contributed by atoms with Crippen molar-refractivity contribution in [3.05, 3.63) is 59.1 Å². The first kappa shape index (κ1) is 15.9. The summed E-state index contributed by atoms with van der Waals surface area (Å²) in [6, 6.07) is 14.4. The molecule has 1 aromatic heterocycles. The molecule has 24 heavy (non-hydrogen) atoms. The Labute approximate surface area is 138 Å². The third-order valence-corrected chi connectivity index (χ3v) is 3.73. The smallest absolute Gasteiger partial charge is 0.419 e. The number of fused-ring (bicyclic) bond motifs is 1. The number of rotatable bonds is 6. The van der Waals surface area contributed by atoms with Gasteiger partial charge in [-0.05, 0) is 42.8 Å². The molecule has 0 fully saturated rings. The summed E-state index contributed by atoms with van der Waals surface area (Å²) in [4.78, 5) is 23.8. The lowest BCUT2D eigenvalue weighted by Crippen LogP contribution is -2.17. The van der Waals surface area contributed by atoms with Crippen molar-refractivity contribution >= 4 is 22.7 Å². The number of benzene rings is 2. The van der Waals surface area contributed by atoms with E-state index in [1.807, 2.05) is 18.2 Å². The number of hydrogen-bond acceptors (Lipinski definition) is 4. The number of carbonyl (C=O) groups excluding carboxylic acids is 1. The Morgan fingerprint density at radius 1 is 1.17 bits per heavy atom. The minimum Gasteiger partial charge on any atom is -0.497 e. The van der Waals surface area contributed by atoms with Crippen LogP contribution in [0.1, 0.15) is 12.8 Å². The van der Waals surface area contributed by atoms with Crippen LogP contribution in [0.3, 0.4) is 0 Å². The van der Waals surface area contributed by atoms with Crippen molar-refractivity contribution in [2.45, 2.75) is 19.4 Å². The van der Waals surface area contributed by atoms with Crippen molar-refractivity contribution in [1.82, 2.24) is 4.57 Å². The van der Waals surface area contributed by atoms with Crippen LogP contribution in [0.5, 0.6) is 5.75 Å². The molecular formula is C18H18N2O4. The van der Waals surface area contributed by atoms with Gasteiger partial charge < -0.3 is 14.5 Å². The van der Waals surface area contributed by atoms with E-state index < -0.39 is 5.76 Å². The van der Waals surface area contributed by atoms with Gasteiger partial charge in [-0.2, -0.15) is 0 Å². The Bertz CT molecular complexity index is 893. The number of oxazole rings is 1. The number of hydrogen-bond donors (Lipinski definition) is 1. The predicted molar refractivity (Wildman–Crippen MR) is 91.3 cm³/mol. The van der Waals surface area contributed by atoms with Crippen LogP contribution in [0.25, 0.3) is 11.1 Å². The van der Waals surface area contributed by atoms with Crippen LogP contribution in [0.4, 0.5) is 5.69 Å². The number of para-hydroxylation sites is 2. The molecule has 0 aliphatic rings. The Hall–Kier alpha value is -3.02. The fraction of sp³-hybridized carbons (Fsp3) is 0.222. The number of carbonyl (C=O) groups is 1. The van der Waals surface area contributed by atoms with Crippen molar-refractivity contribution in [3.63, 3.8) is 0 Å². The number of aryl methyl sites for hydroxylation is 1.